The molecule has 0 saturated carbocycles. The van der Waals surface area contributed by atoms with Crippen molar-refractivity contribution in [3.8, 4) is 0 Å². The van der Waals surface area contributed by atoms with Crippen LogP contribution in [0.15, 0.2) is 24.3 Å². The number of carbonyl (C=O) groups is 2. The van der Waals surface area contributed by atoms with Crippen molar-refractivity contribution in [1.82, 2.24) is 15.1 Å². The van der Waals surface area contributed by atoms with Crippen molar-refractivity contribution in [3.05, 3.63) is 34.9 Å². The number of hydrogen-bond donors (Lipinski definition) is 2. The third kappa shape index (κ3) is 5.15. The molecule has 25 heavy (non-hydrogen) atoms. The number of rotatable bonds is 6. The molecule has 3 unspecified atom stereocenters. The van der Waals surface area contributed by atoms with Crippen LogP contribution in [0.2, 0.25) is 5.02 Å². The molecule has 0 aromatic heterocycles. The lowest BCUT2D eigenvalue weighted by Crippen LogP contribution is -2.54. The van der Waals surface area contributed by atoms with Crippen LogP contribution in [0.1, 0.15) is 11.6 Å². The van der Waals surface area contributed by atoms with Crippen molar-refractivity contribution in [1.29, 1.82) is 0 Å². The van der Waals surface area contributed by atoms with Crippen LogP contribution in [-0.2, 0) is 14.3 Å². The molecule has 7 nitrogen and oxygen atoms in total. The second-order valence-electron chi connectivity index (χ2n) is 6.39. The van der Waals surface area contributed by atoms with Gasteiger partial charge in [-0.25, -0.2) is 0 Å². The fraction of sp³-hybridized carbons (Fsp3) is 0.529. The molecule has 0 aliphatic carbocycles. The summed E-state index contributed by atoms with van der Waals surface area (Å²) in [5.74, 6) is -0.561. The largest absolute Gasteiger partial charge is 0.390 e. The zero-order chi connectivity index (χ0) is 18.6. The Hall–Kier alpha value is -1.67. The van der Waals surface area contributed by atoms with Crippen molar-refractivity contribution < 1.29 is 19.4 Å². The predicted octanol–water partition coefficient (Wildman–Crippen LogP) is 0.277. The number of aliphatic hydroxyl groups excluding tert-OH is 1. The number of nitrogens with zero attached hydrogens (tertiary/aromatic N) is 2. The number of likely N-dealkylation sites (N-methyl/N-ethyl adjacent to an activating group) is 2. The summed E-state index contributed by atoms with van der Waals surface area (Å²) in [7, 11) is 5.32. The van der Waals surface area contributed by atoms with E-state index >= 15 is 0 Å². The average Bonchev–Trinajstić information content (AvgIpc) is 2.55. The molecule has 1 aliphatic rings. The van der Waals surface area contributed by atoms with Crippen LogP contribution in [0.3, 0.4) is 0 Å². The van der Waals surface area contributed by atoms with Gasteiger partial charge in [-0.15, -0.1) is 0 Å². The highest BCUT2D eigenvalue weighted by atomic mass is 35.5. The number of nitrogens with one attached hydrogen (secondary N) is 1. The number of ether oxygens (including phenoxy) is 1. The van der Waals surface area contributed by atoms with E-state index in [4.69, 9.17) is 16.3 Å². The van der Waals surface area contributed by atoms with Gasteiger partial charge in [0.05, 0.1) is 12.1 Å². The van der Waals surface area contributed by atoms with Gasteiger partial charge in [-0.1, -0.05) is 23.7 Å². The van der Waals surface area contributed by atoms with Crippen molar-refractivity contribution in [3.63, 3.8) is 0 Å². The number of amides is 2. The molecule has 8 heteroatoms. The van der Waals surface area contributed by atoms with Gasteiger partial charge in [-0.05, 0) is 31.8 Å². The Bertz CT molecular complexity index is 608. The lowest BCUT2D eigenvalue weighted by atomic mass is 9.97. The van der Waals surface area contributed by atoms with Gasteiger partial charge in [0.2, 0.25) is 5.91 Å². The molecule has 2 amide bonds. The van der Waals surface area contributed by atoms with E-state index in [2.05, 4.69) is 5.32 Å². The standard InChI is InChI=1S/C17H24ClN3O4/c1-20(2)9-13(22)8-19-17(24)16-15(21(3)14(23)10-25-16)11-4-6-12(18)7-5-11/h4-7,13,15-16,22H,8-10H2,1-3H3,(H,19,24). The van der Waals surface area contributed by atoms with Crippen LogP contribution >= 0.6 is 11.6 Å². The lowest BCUT2D eigenvalue weighted by molar-refractivity contribution is -0.162. The maximum absolute atomic E-state index is 12.6. The summed E-state index contributed by atoms with van der Waals surface area (Å²) in [6.07, 6.45) is -1.54. The fourth-order valence-electron chi connectivity index (χ4n) is 2.79. The molecule has 1 heterocycles. The Kier molecular flexibility index (Phi) is 6.78. The fourth-order valence-corrected chi connectivity index (χ4v) is 2.92. The summed E-state index contributed by atoms with van der Waals surface area (Å²) in [4.78, 5) is 27.9. The van der Waals surface area contributed by atoms with Crippen LogP contribution < -0.4 is 5.32 Å². The second-order valence-corrected chi connectivity index (χ2v) is 6.83. The van der Waals surface area contributed by atoms with E-state index in [1.54, 1.807) is 31.3 Å². The zero-order valence-corrected chi connectivity index (χ0v) is 15.4. The summed E-state index contributed by atoms with van der Waals surface area (Å²) in [6, 6.07) is 6.41. The molecular formula is C17H24ClN3O4. The molecule has 3 atom stereocenters. The van der Waals surface area contributed by atoms with Gasteiger partial charge in [0.15, 0.2) is 6.10 Å². The summed E-state index contributed by atoms with van der Waals surface area (Å²) >= 11 is 5.92. The van der Waals surface area contributed by atoms with E-state index < -0.39 is 18.2 Å². The highest BCUT2D eigenvalue weighted by Gasteiger charge is 2.40. The first-order valence-corrected chi connectivity index (χ1v) is 8.40. The number of aliphatic hydroxyl groups is 1. The van der Waals surface area contributed by atoms with Gasteiger partial charge in [0.25, 0.3) is 5.91 Å². The first-order chi connectivity index (χ1) is 11.8. The number of halogens is 1. The minimum absolute atomic E-state index is 0.113. The molecule has 1 aromatic rings. The van der Waals surface area contributed by atoms with E-state index in [0.717, 1.165) is 5.56 Å². The van der Waals surface area contributed by atoms with Gasteiger partial charge in [-0.3, -0.25) is 9.59 Å². The monoisotopic (exact) mass is 369 g/mol. The minimum Gasteiger partial charge on any atom is -0.390 e. The normalized spacial score (nSPS) is 22.2. The molecule has 138 valence electrons. The Morgan fingerprint density at radius 1 is 1.44 bits per heavy atom. The summed E-state index contributed by atoms with van der Waals surface area (Å²) < 4.78 is 5.50. The number of morpholine rings is 1. The average molecular weight is 370 g/mol. The van der Waals surface area contributed by atoms with Gasteiger partial charge < -0.3 is 25.0 Å². The highest BCUT2D eigenvalue weighted by Crippen LogP contribution is 2.30. The molecule has 0 bridgehead atoms. The topological polar surface area (TPSA) is 82.1 Å². The first-order valence-electron chi connectivity index (χ1n) is 8.03. The molecule has 1 saturated heterocycles. The highest BCUT2D eigenvalue weighted by molar-refractivity contribution is 6.30. The second kappa shape index (κ2) is 8.62. The molecule has 1 aromatic carbocycles. The van der Waals surface area contributed by atoms with Crippen molar-refractivity contribution in [2.45, 2.75) is 18.2 Å². The smallest absolute Gasteiger partial charge is 0.251 e. The van der Waals surface area contributed by atoms with Gasteiger partial charge in [0, 0.05) is 25.2 Å². The van der Waals surface area contributed by atoms with Crippen molar-refractivity contribution in [2.75, 3.05) is 40.8 Å². The Morgan fingerprint density at radius 3 is 2.68 bits per heavy atom. The molecule has 0 radical (unpaired) electrons. The lowest BCUT2D eigenvalue weighted by Gasteiger charge is -2.38. The predicted molar refractivity (Wildman–Crippen MR) is 94.3 cm³/mol. The first kappa shape index (κ1) is 19.7. The number of benzene rings is 1. The minimum atomic E-state index is -0.851. The van der Waals surface area contributed by atoms with Crippen LogP contribution in [0.4, 0.5) is 0 Å². The maximum atomic E-state index is 12.6. The van der Waals surface area contributed by atoms with E-state index in [0.29, 0.717) is 11.6 Å². The Labute approximate surface area is 152 Å². The van der Waals surface area contributed by atoms with E-state index in [1.165, 1.54) is 4.90 Å². The Balaban J connectivity index is 2.11. The van der Waals surface area contributed by atoms with Crippen LogP contribution in [0.5, 0.6) is 0 Å². The number of hydrogen-bond acceptors (Lipinski definition) is 5. The zero-order valence-electron chi connectivity index (χ0n) is 14.6. The van der Waals surface area contributed by atoms with Crippen molar-refractivity contribution in [2.24, 2.45) is 0 Å². The van der Waals surface area contributed by atoms with E-state index in [9.17, 15) is 14.7 Å². The Morgan fingerprint density at radius 2 is 2.08 bits per heavy atom. The molecule has 0 spiro atoms. The van der Waals surface area contributed by atoms with E-state index in [-0.39, 0.29) is 25.0 Å². The third-order valence-corrected chi connectivity index (χ3v) is 4.29. The molecule has 2 N–H and O–H groups in total. The SMILES string of the molecule is CN(C)CC(O)CNC(=O)C1OCC(=O)N(C)C1c1ccc(Cl)cc1. The maximum Gasteiger partial charge on any atom is 0.251 e. The van der Waals surface area contributed by atoms with Crippen LogP contribution in [-0.4, -0.2) is 79.8 Å². The summed E-state index contributed by atoms with van der Waals surface area (Å²) in [5.41, 5.74) is 0.758. The van der Waals surface area contributed by atoms with Crippen LogP contribution in [0.25, 0.3) is 0 Å². The van der Waals surface area contributed by atoms with Gasteiger partial charge in [0.1, 0.15) is 6.61 Å². The summed E-state index contributed by atoms with van der Waals surface area (Å²) in [6.45, 7) is 0.394. The van der Waals surface area contributed by atoms with Crippen LogP contribution in [0, 0.1) is 0 Å². The van der Waals surface area contributed by atoms with Gasteiger partial charge in [-0.2, -0.15) is 0 Å². The molecule has 2 rings (SSSR count). The van der Waals surface area contributed by atoms with E-state index in [1.807, 2.05) is 19.0 Å². The quantitative estimate of drug-likeness (QED) is 0.752. The van der Waals surface area contributed by atoms with Crippen molar-refractivity contribution >= 4 is 23.4 Å². The number of carbonyl (C=O) groups excluding carboxylic acids is 2. The molecule has 1 aliphatic heterocycles. The summed E-state index contributed by atoms with van der Waals surface area (Å²) in [5, 5.41) is 13.2. The molecule has 1 fully saturated rings. The molecular weight excluding hydrogens is 346 g/mol. The van der Waals surface area contributed by atoms with Gasteiger partial charge >= 0.3 is 0 Å². The third-order valence-electron chi connectivity index (χ3n) is 4.04.